The van der Waals surface area contributed by atoms with Gasteiger partial charge in [-0.1, -0.05) is 41.9 Å². The first kappa shape index (κ1) is 17.8. The van der Waals surface area contributed by atoms with Crippen LogP contribution in [0.2, 0.25) is 5.02 Å². The van der Waals surface area contributed by atoms with Crippen molar-refractivity contribution in [1.29, 1.82) is 0 Å². The number of nitrogens with zero attached hydrogens (tertiary/aromatic N) is 2. The molecule has 1 heterocycles. The lowest BCUT2D eigenvalue weighted by molar-refractivity contribution is 0.143. The Kier molecular flexibility index (Phi) is 5.61. The van der Waals surface area contributed by atoms with Gasteiger partial charge < -0.3 is 10.2 Å². The summed E-state index contributed by atoms with van der Waals surface area (Å²) in [6.45, 7) is 8.02. The molecule has 4 nitrogen and oxygen atoms in total. The van der Waals surface area contributed by atoms with Gasteiger partial charge >= 0.3 is 6.03 Å². The third-order valence-corrected chi connectivity index (χ3v) is 5.01. The molecule has 5 heteroatoms. The monoisotopic (exact) mass is 357 g/mol. The van der Waals surface area contributed by atoms with Crippen LogP contribution in [0.5, 0.6) is 0 Å². The van der Waals surface area contributed by atoms with Crippen molar-refractivity contribution in [2.75, 3.05) is 31.5 Å². The molecule has 3 rings (SSSR count). The highest BCUT2D eigenvalue weighted by atomic mass is 35.5. The number of anilines is 1. The first-order valence-corrected chi connectivity index (χ1v) is 8.99. The van der Waals surface area contributed by atoms with E-state index < -0.39 is 0 Å². The number of hydrogen-bond donors (Lipinski definition) is 1. The SMILES string of the molecule is Cc1ccc(C)c(NC(=O)N2CCN(Cc3ccccc3Cl)CC2)c1. The van der Waals surface area contributed by atoms with Crippen LogP contribution < -0.4 is 5.32 Å². The number of halogens is 1. The Balaban J connectivity index is 1.54. The Morgan fingerprint density at radius 1 is 1.08 bits per heavy atom. The van der Waals surface area contributed by atoms with Crippen LogP contribution >= 0.6 is 11.6 Å². The maximum absolute atomic E-state index is 12.5. The van der Waals surface area contributed by atoms with E-state index in [-0.39, 0.29) is 6.03 Å². The van der Waals surface area contributed by atoms with Crippen molar-refractivity contribution in [1.82, 2.24) is 9.80 Å². The molecule has 1 N–H and O–H groups in total. The van der Waals surface area contributed by atoms with Gasteiger partial charge in [0, 0.05) is 43.4 Å². The van der Waals surface area contributed by atoms with Crippen LogP contribution in [0.3, 0.4) is 0 Å². The van der Waals surface area contributed by atoms with E-state index in [1.54, 1.807) is 0 Å². The number of carbonyl (C=O) groups is 1. The number of hydrogen-bond acceptors (Lipinski definition) is 2. The van der Waals surface area contributed by atoms with Crippen LogP contribution in [-0.2, 0) is 6.54 Å². The van der Waals surface area contributed by atoms with E-state index in [2.05, 4.69) is 22.3 Å². The molecule has 0 unspecified atom stereocenters. The minimum Gasteiger partial charge on any atom is -0.322 e. The summed E-state index contributed by atoms with van der Waals surface area (Å²) >= 11 is 6.24. The fraction of sp³-hybridized carbons (Fsp3) is 0.350. The van der Waals surface area contributed by atoms with Crippen molar-refractivity contribution in [3.05, 3.63) is 64.2 Å². The molecule has 132 valence electrons. The van der Waals surface area contributed by atoms with Gasteiger partial charge in [0.15, 0.2) is 0 Å². The van der Waals surface area contributed by atoms with Crippen LogP contribution in [-0.4, -0.2) is 42.0 Å². The molecule has 1 aliphatic rings. The maximum Gasteiger partial charge on any atom is 0.321 e. The Labute approximate surface area is 154 Å². The topological polar surface area (TPSA) is 35.6 Å². The van der Waals surface area contributed by atoms with Crippen molar-refractivity contribution in [2.45, 2.75) is 20.4 Å². The highest BCUT2D eigenvalue weighted by Gasteiger charge is 2.22. The molecular formula is C20H24ClN3O. The third-order valence-electron chi connectivity index (χ3n) is 4.65. The number of rotatable bonds is 3. The van der Waals surface area contributed by atoms with Gasteiger partial charge in [-0.2, -0.15) is 0 Å². The largest absolute Gasteiger partial charge is 0.322 e. The van der Waals surface area contributed by atoms with Crippen LogP contribution in [0.15, 0.2) is 42.5 Å². The van der Waals surface area contributed by atoms with Gasteiger partial charge in [0.1, 0.15) is 0 Å². The van der Waals surface area contributed by atoms with E-state index in [0.717, 1.165) is 60.1 Å². The molecule has 2 aromatic rings. The normalized spacial score (nSPS) is 15.2. The summed E-state index contributed by atoms with van der Waals surface area (Å²) in [5.74, 6) is 0. The minimum atomic E-state index is -0.0221. The number of carbonyl (C=O) groups excluding carboxylic acids is 1. The standard InChI is InChI=1S/C20H24ClN3O/c1-15-7-8-16(2)19(13-15)22-20(25)24-11-9-23(10-12-24)14-17-5-3-4-6-18(17)21/h3-8,13H,9-12,14H2,1-2H3,(H,22,25). The molecule has 1 fully saturated rings. The first-order valence-electron chi connectivity index (χ1n) is 8.62. The predicted molar refractivity (Wildman–Crippen MR) is 103 cm³/mol. The number of aryl methyl sites for hydroxylation is 2. The molecule has 0 radical (unpaired) electrons. The summed E-state index contributed by atoms with van der Waals surface area (Å²) in [4.78, 5) is 16.7. The Morgan fingerprint density at radius 3 is 2.52 bits per heavy atom. The molecule has 0 bridgehead atoms. The summed E-state index contributed by atoms with van der Waals surface area (Å²) < 4.78 is 0. The fourth-order valence-electron chi connectivity index (χ4n) is 3.04. The van der Waals surface area contributed by atoms with Crippen LogP contribution in [0, 0.1) is 13.8 Å². The van der Waals surface area contributed by atoms with Crippen LogP contribution in [0.25, 0.3) is 0 Å². The molecule has 2 aromatic carbocycles. The molecule has 0 aromatic heterocycles. The molecule has 1 saturated heterocycles. The first-order chi connectivity index (χ1) is 12.0. The maximum atomic E-state index is 12.5. The average Bonchev–Trinajstić information content (AvgIpc) is 2.61. The average molecular weight is 358 g/mol. The summed E-state index contributed by atoms with van der Waals surface area (Å²) in [6.07, 6.45) is 0. The zero-order valence-corrected chi connectivity index (χ0v) is 15.5. The molecule has 1 aliphatic heterocycles. The lowest BCUT2D eigenvalue weighted by atomic mass is 10.1. The second-order valence-electron chi connectivity index (χ2n) is 6.60. The van der Waals surface area contributed by atoms with E-state index >= 15 is 0 Å². The second-order valence-corrected chi connectivity index (χ2v) is 7.01. The van der Waals surface area contributed by atoms with E-state index in [4.69, 9.17) is 11.6 Å². The molecule has 0 saturated carbocycles. The van der Waals surface area contributed by atoms with Gasteiger partial charge in [0.25, 0.3) is 0 Å². The zero-order chi connectivity index (χ0) is 17.8. The number of piperazine rings is 1. The Morgan fingerprint density at radius 2 is 1.80 bits per heavy atom. The van der Waals surface area contributed by atoms with Gasteiger partial charge in [0.05, 0.1) is 0 Å². The van der Waals surface area contributed by atoms with Crippen molar-refractivity contribution in [3.8, 4) is 0 Å². The number of amides is 2. The van der Waals surface area contributed by atoms with E-state index in [9.17, 15) is 4.79 Å². The number of benzene rings is 2. The Bertz CT molecular complexity index is 754. The van der Waals surface area contributed by atoms with Crippen LogP contribution in [0.4, 0.5) is 10.5 Å². The molecule has 0 aliphatic carbocycles. The number of nitrogens with one attached hydrogen (secondary N) is 1. The molecule has 0 atom stereocenters. The van der Waals surface area contributed by atoms with E-state index in [1.165, 1.54) is 0 Å². The summed E-state index contributed by atoms with van der Waals surface area (Å²) in [5.41, 5.74) is 4.25. The second kappa shape index (κ2) is 7.89. The van der Waals surface area contributed by atoms with Crippen molar-refractivity contribution < 1.29 is 4.79 Å². The van der Waals surface area contributed by atoms with Crippen molar-refractivity contribution >= 4 is 23.3 Å². The van der Waals surface area contributed by atoms with Crippen molar-refractivity contribution in [2.24, 2.45) is 0 Å². The lowest BCUT2D eigenvalue weighted by Crippen LogP contribution is -2.49. The third kappa shape index (κ3) is 4.53. The highest BCUT2D eigenvalue weighted by Crippen LogP contribution is 2.19. The molecule has 2 amide bonds. The summed E-state index contributed by atoms with van der Waals surface area (Å²) in [7, 11) is 0. The fourth-order valence-corrected chi connectivity index (χ4v) is 3.24. The van der Waals surface area contributed by atoms with Gasteiger partial charge in [-0.15, -0.1) is 0 Å². The quantitative estimate of drug-likeness (QED) is 0.888. The smallest absolute Gasteiger partial charge is 0.321 e. The van der Waals surface area contributed by atoms with E-state index in [0.29, 0.717) is 0 Å². The van der Waals surface area contributed by atoms with Gasteiger partial charge in [-0.25, -0.2) is 4.79 Å². The zero-order valence-electron chi connectivity index (χ0n) is 14.8. The van der Waals surface area contributed by atoms with Crippen LogP contribution in [0.1, 0.15) is 16.7 Å². The lowest BCUT2D eigenvalue weighted by Gasteiger charge is -2.35. The molecule has 25 heavy (non-hydrogen) atoms. The number of urea groups is 1. The molecule has 0 spiro atoms. The Hall–Kier alpha value is -2.04. The molecular weight excluding hydrogens is 334 g/mol. The van der Waals surface area contributed by atoms with E-state index in [1.807, 2.05) is 49.1 Å². The van der Waals surface area contributed by atoms with Crippen molar-refractivity contribution in [3.63, 3.8) is 0 Å². The van der Waals surface area contributed by atoms with Gasteiger partial charge in [0.2, 0.25) is 0 Å². The van der Waals surface area contributed by atoms with Gasteiger partial charge in [-0.05, 0) is 42.7 Å². The summed E-state index contributed by atoms with van der Waals surface area (Å²) in [5, 5.41) is 3.85. The highest BCUT2D eigenvalue weighted by molar-refractivity contribution is 6.31. The predicted octanol–water partition coefficient (Wildman–Crippen LogP) is 4.31. The minimum absolute atomic E-state index is 0.0221. The van der Waals surface area contributed by atoms with Gasteiger partial charge in [-0.3, -0.25) is 4.90 Å². The summed E-state index contributed by atoms with van der Waals surface area (Å²) in [6, 6.07) is 14.0.